The van der Waals surface area contributed by atoms with Gasteiger partial charge in [-0.3, -0.25) is 4.79 Å². The number of hydrogen-bond acceptors (Lipinski definition) is 3. The van der Waals surface area contributed by atoms with E-state index in [4.69, 9.17) is 10.00 Å². The molecule has 1 saturated heterocycles. The summed E-state index contributed by atoms with van der Waals surface area (Å²) in [5, 5.41) is 8.67. The molecular formula is C15H17FN2O2. The van der Waals surface area contributed by atoms with E-state index in [0.29, 0.717) is 0 Å². The van der Waals surface area contributed by atoms with Gasteiger partial charge in [0.25, 0.3) is 5.91 Å². The molecule has 0 spiro atoms. The third-order valence-corrected chi connectivity index (χ3v) is 3.38. The summed E-state index contributed by atoms with van der Waals surface area (Å²) in [6.07, 6.45) is 2.42. The summed E-state index contributed by atoms with van der Waals surface area (Å²) in [4.78, 5) is 13.9. The Bertz CT molecular complexity index is 533. The molecule has 0 aromatic heterocycles. The molecule has 1 aliphatic heterocycles. The molecule has 20 heavy (non-hydrogen) atoms. The number of carbonyl (C=O) groups excluding carboxylic acids is 1. The summed E-state index contributed by atoms with van der Waals surface area (Å²) in [6.45, 7) is 3.10. The number of rotatable bonds is 3. The molecule has 0 N–H and O–H groups in total. The fraction of sp³-hybridized carbons (Fsp3) is 0.467. The van der Waals surface area contributed by atoms with E-state index in [-0.39, 0.29) is 17.2 Å². The van der Waals surface area contributed by atoms with Crippen molar-refractivity contribution in [2.75, 3.05) is 13.1 Å². The molecule has 106 valence electrons. The maximum absolute atomic E-state index is 13.7. The molecule has 1 fully saturated rings. The molecule has 2 rings (SSSR count). The highest BCUT2D eigenvalue weighted by Crippen LogP contribution is 2.20. The first kappa shape index (κ1) is 14.3. The van der Waals surface area contributed by atoms with Crippen molar-refractivity contribution in [3.63, 3.8) is 0 Å². The predicted octanol–water partition coefficient (Wildman–Crippen LogP) is 2.48. The van der Waals surface area contributed by atoms with E-state index in [1.165, 1.54) is 12.1 Å². The Kier molecular flexibility index (Phi) is 4.57. The zero-order chi connectivity index (χ0) is 14.5. The molecule has 0 bridgehead atoms. The van der Waals surface area contributed by atoms with Crippen molar-refractivity contribution >= 4 is 5.91 Å². The molecule has 1 unspecified atom stereocenters. The molecular weight excluding hydrogens is 259 g/mol. The quantitative estimate of drug-likeness (QED) is 0.852. The highest BCUT2D eigenvalue weighted by atomic mass is 19.1. The van der Waals surface area contributed by atoms with Gasteiger partial charge >= 0.3 is 0 Å². The Morgan fingerprint density at radius 1 is 1.40 bits per heavy atom. The summed E-state index contributed by atoms with van der Waals surface area (Å²) < 4.78 is 19.1. The van der Waals surface area contributed by atoms with Crippen molar-refractivity contribution in [1.29, 1.82) is 5.26 Å². The summed E-state index contributed by atoms with van der Waals surface area (Å²) in [5.41, 5.74) is 0.227. The Balaban J connectivity index is 2.02. The monoisotopic (exact) mass is 276 g/mol. The lowest BCUT2D eigenvalue weighted by atomic mass is 10.1. The Morgan fingerprint density at radius 3 is 2.70 bits per heavy atom. The van der Waals surface area contributed by atoms with Crippen molar-refractivity contribution in [3.8, 4) is 11.8 Å². The second-order valence-electron chi connectivity index (χ2n) is 4.90. The van der Waals surface area contributed by atoms with Gasteiger partial charge in [-0.25, -0.2) is 4.39 Å². The third kappa shape index (κ3) is 3.27. The molecule has 5 heteroatoms. The lowest BCUT2D eigenvalue weighted by Gasteiger charge is -2.29. The molecule has 1 atom stereocenters. The van der Waals surface area contributed by atoms with Crippen molar-refractivity contribution in [2.24, 2.45) is 0 Å². The standard InChI is InChI=1S/C15H17FN2O2/c1-11(15(19)18-7-3-2-4-8-18)20-14-6-5-12(10-17)9-13(14)16/h5-6,9,11H,2-4,7-8H2,1H3. The first-order valence-electron chi connectivity index (χ1n) is 6.77. The second kappa shape index (κ2) is 6.38. The van der Waals surface area contributed by atoms with E-state index in [1.54, 1.807) is 11.8 Å². The zero-order valence-corrected chi connectivity index (χ0v) is 11.4. The van der Waals surface area contributed by atoms with Gasteiger partial charge in [0.15, 0.2) is 17.7 Å². The normalized spacial score (nSPS) is 16.4. The minimum atomic E-state index is -0.726. The van der Waals surface area contributed by atoms with Gasteiger partial charge in [0.05, 0.1) is 11.6 Å². The molecule has 1 aromatic carbocycles. The summed E-state index contributed by atoms with van der Waals surface area (Å²) in [6, 6.07) is 5.81. The fourth-order valence-electron chi connectivity index (χ4n) is 2.28. The van der Waals surface area contributed by atoms with Gasteiger partial charge in [0, 0.05) is 13.1 Å². The number of nitrogens with zero attached hydrogens (tertiary/aromatic N) is 2. The first-order chi connectivity index (χ1) is 9.61. The Labute approximate surface area is 117 Å². The number of piperidine rings is 1. The van der Waals surface area contributed by atoms with Crippen LogP contribution in [0.4, 0.5) is 4.39 Å². The summed E-state index contributed by atoms with van der Waals surface area (Å²) in [7, 11) is 0. The molecule has 1 heterocycles. The van der Waals surface area contributed by atoms with Crippen LogP contribution in [0.25, 0.3) is 0 Å². The van der Waals surface area contributed by atoms with Crippen LogP contribution in [-0.2, 0) is 4.79 Å². The number of benzene rings is 1. The summed E-state index contributed by atoms with van der Waals surface area (Å²) >= 11 is 0. The van der Waals surface area contributed by atoms with Crippen LogP contribution in [0.2, 0.25) is 0 Å². The highest BCUT2D eigenvalue weighted by molar-refractivity contribution is 5.81. The molecule has 4 nitrogen and oxygen atoms in total. The van der Waals surface area contributed by atoms with E-state index >= 15 is 0 Å². The lowest BCUT2D eigenvalue weighted by Crippen LogP contribution is -2.43. The number of amides is 1. The molecule has 1 aromatic rings. The van der Waals surface area contributed by atoms with Gasteiger partial charge in [0.1, 0.15) is 0 Å². The summed E-state index contributed by atoms with van der Waals surface area (Å²) in [5.74, 6) is -0.738. The fourth-order valence-corrected chi connectivity index (χ4v) is 2.28. The van der Waals surface area contributed by atoms with E-state index in [9.17, 15) is 9.18 Å². The van der Waals surface area contributed by atoms with Gasteiger partial charge in [-0.05, 0) is 44.4 Å². The van der Waals surface area contributed by atoms with Crippen LogP contribution >= 0.6 is 0 Å². The second-order valence-corrected chi connectivity index (χ2v) is 4.90. The number of halogens is 1. The van der Waals surface area contributed by atoms with Crippen molar-refractivity contribution in [1.82, 2.24) is 4.90 Å². The van der Waals surface area contributed by atoms with Gasteiger partial charge in [-0.2, -0.15) is 5.26 Å². The maximum Gasteiger partial charge on any atom is 0.263 e. The highest BCUT2D eigenvalue weighted by Gasteiger charge is 2.24. The Hall–Kier alpha value is -2.09. The third-order valence-electron chi connectivity index (χ3n) is 3.38. The van der Waals surface area contributed by atoms with E-state index in [0.717, 1.165) is 38.4 Å². The minimum absolute atomic E-state index is 0.00172. The van der Waals surface area contributed by atoms with E-state index in [1.807, 2.05) is 6.07 Å². The number of nitriles is 1. The van der Waals surface area contributed by atoms with Crippen LogP contribution in [0, 0.1) is 17.1 Å². The van der Waals surface area contributed by atoms with Gasteiger partial charge in [-0.15, -0.1) is 0 Å². The van der Waals surface area contributed by atoms with Crippen LogP contribution in [0.3, 0.4) is 0 Å². The number of ether oxygens (including phenoxy) is 1. The predicted molar refractivity (Wildman–Crippen MR) is 71.6 cm³/mol. The zero-order valence-electron chi connectivity index (χ0n) is 11.4. The van der Waals surface area contributed by atoms with Crippen LogP contribution < -0.4 is 4.74 Å². The van der Waals surface area contributed by atoms with Gasteiger partial charge in [0.2, 0.25) is 0 Å². The largest absolute Gasteiger partial charge is 0.478 e. The van der Waals surface area contributed by atoms with Gasteiger partial charge in [-0.1, -0.05) is 0 Å². The van der Waals surface area contributed by atoms with Crippen molar-refractivity contribution < 1.29 is 13.9 Å². The smallest absolute Gasteiger partial charge is 0.263 e. The maximum atomic E-state index is 13.7. The van der Waals surface area contributed by atoms with Crippen LogP contribution in [-0.4, -0.2) is 30.0 Å². The topological polar surface area (TPSA) is 53.3 Å². The lowest BCUT2D eigenvalue weighted by molar-refractivity contribution is -0.138. The molecule has 1 aliphatic rings. The molecule has 0 saturated carbocycles. The first-order valence-corrected chi connectivity index (χ1v) is 6.77. The van der Waals surface area contributed by atoms with Gasteiger partial charge < -0.3 is 9.64 Å². The van der Waals surface area contributed by atoms with Crippen LogP contribution in [0.5, 0.6) is 5.75 Å². The minimum Gasteiger partial charge on any atom is -0.478 e. The van der Waals surface area contributed by atoms with Crippen molar-refractivity contribution in [3.05, 3.63) is 29.6 Å². The Morgan fingerprint density at radius 2 is 2.10 bits per heavy atom. The van der Waals surface area contributed by atoms with Crippen LogP contribution in [0.15, 0.2) is 18.2 Å². The molecule has 1 amide bonds. The molecule has 0 aliphatic carbocycles. The van der Waals surface area contributed by atoms with Crippen LogP contribution in [0.1, 0.15) is 31.7 Å². The number of carbonyl (C=O) groups is 1. The SMILES string of the molecule is CC(Oc1ccc(C#N)cc1F)C(=O)N1CCCCC1. The van der Waals surface area contributed by atoms with E-state index in [2.05, 4.69) is 0 Å². The average molecular weight is 276 g/mol. The van der Waals surface area contributed by atoms with Crippen molar-refractivity contribution in [2.45, 2.75) is 32.3 Å². The average Bonchev–Trinajstić information content (AvgIpc) is 2.49. The molecule has 0 radical (unpaired) electrons. The van der Waals surface area contributed by atoms with E-state index < -0.39 is 11.9 Å². The number of likely N-dealkylation sites (tertiary alicyclic amines) is 1. The number of hydrogen-bond donors (Lipinski definition) is 0.